The summed E-state index contributed by atoms with van der Waals surface area (Å²) in [4.78, 5) is 13.6. The van der Waals surface area contributed by atoms with Crippen LogP contribution in [-0.2, 0) is 22.0 Å². The SMILES string of the molecule is CN(C)C(=O)c1cccc(CS(=O)(=O)C2CCCc3ccccc32)c1. The Labute approximate surface area is 149 Å². The summed E-state index contributed by atoms with van der Waals surface area (Å²) in [5.74, 6) is -0.164. The first-order valence-electron chi connectivity index (χ1n) is 8.48. The lowest BCUT2D eigenvalue weighted by atomic mass is 9.91. The molecule has 0 aromatic heterocycles. The lowest BCUT2D eigenvalue weighted by molar-refractivity contribution is 0.0827. The van der Waals surface area contributed by atoms with Gasteiger partial charge in [-0.25, -0.2) is 8.42 Å². The van der Waals surface area contributed by atoms with E-state index < -0.39 is 15.1 Å². The first-order valence-corrected chi connectivity index (χ1v) is 10.2. The molecule has 0 saturated carbocycles. The molecule has 1 amide bonds. The molecule has 1 aliphatic rings. The highest BCUT2D eigenvalue weighted by atomic mass is 32.2. The van der Waals surface area contributed by atoms with Gasteiger partial charge in [-0.1, -0.05) is 36.4 Å². The van der Waals surface area contributed by atoms with Gasteiger partial charge < -0.3 is 4.90 Å². The molecule has 0 radical (unpaired) electrons. The van der Waals surface area contributed by atoms with Crippen LogP contribution in [0.2, 0.25) is 0 Å². The number of aryl methyl sites for hydroxylation is 1. The number of sulfone groups is 1. The van der Waals surface area contributed by atoms with Gasteiger partial charge in [0.15, 0.2) is 9.84 Å². The van der Waals surface area contributed by atoms with Gasteiger partial charge >= 0.3 is 0 Å². The van der Waals surface area contributed by atoms with Crippen LogP contribution in [0.4, 0.5) is 0 Å². The van der Waals surface area contributed by atoms with Crippen LogP contribution in [0.25, 0.3) is 0 Å². The van der Waals surface area contributed by atoms with Crippen molar-refractivity contribution in [1.82, 2.24) is 4.90 Å². The standard InChI is InChI=1S/C20H23NO3S/c1-21(2)20(22)17-10-5-7-15(13-17)14-25(23,24)19-12-6-9-16-8-3-4-11-18(16)19/h3-5,7-8,10-11,13,19H,6,9,12,14H2,1-2H3. The van der Waals surface area contributed by atoms with Gasteiger partial charge in [-0.05, 0) is 48.1 Å². The first kappa shape index (κ1) is 17.7. The highest BCUT2D eigenvalue weighted by molar-refractivity contribution is 7.90. The Bertz CT molecular complexity index is 887. The second-order valence-electron chi connectivity index (χ2n) is 6.79. The van der Waals surface area contributed by atoms with Crippen molar-refractivity contribution < 1.29 is 13.2 Å². The Morgan fingerprint density at radius 2 is 1.88 bits per heavy atom. The Morgan fingerprint density at radius 3 is 2.64 bits per heavy atom. The Hall–Kier alpha value is -2.14. The molecule has 5 heteroatoms. The number of rotatable bonds is 4. The van der Waals surface area contributed by atoms with E-state index in [9.17, 15) is 13.2 Å². The third kappa shape index (κ3) is 3.76. The van der Waals surface area contributed by atoms with Crippen LogP contribution in [0.5, 0.6) is 0 Å². The topological polar surface area (TPSA) is 54.5 Å². The summed E-state index contributed by atoms with van der Waals surface area (Å²) in [5, 5.41) is -0.453. The molecular formula is C20H23NO3S. The second-order valence-corrected chi connectivity index (χ2v) is 8.97. The smallest absolute Gasteiger partial charge is 0.253 e. The zero-order valence-electron chi connectivity index (χ0n) is 14.6. The summed E-state index contributed by atoms with van der Waals surface area (Å²) < 4.78 is 26.1. The molecule has 0 saturated heterocycles. The lowest BCUT2D eigenvalue weighted by Gasteiger charge is -2.25. The van der Waals surface area contributed by atoms with Crippen molar-refractivity contribution in [2.75, 3.05) is 14.1 Å². The van der Waals surface area contributed by atoms with E-state index in [1.807, 2.05) is 24.3 Å². The number of nitrogens with zero attached hydrogens (tertiary/aromatic N) is 1. The van der Waals surface area contributed by atoms with Crippen molar-refractivity contribution in [3.8, 4) is 0 Å². The summed E-state index contributed by atoms with van der Waals surface area (Å²) in [6, 6.07) is 14.8. The zero-order chi connectivity index (χ0) is 18.0. The first-order chi connectivity index (χ1) is 11.9. The minimum atomic E-state index is -3.34. The lowest BCUT2D eigenvalue weighted by Crippen LogP contribution is -2.22. The fraction of sp³-hybridized carbons (Fsp3) is 0.350. The summed E-state index contributed by atoms with van der Waals surface area (Å²) in [6.07, 6.45) is 2.49. The van der Waals surface area contributed by atoms with Gasteiger partial charge in [0.2, 0.25) is 0 Å². The van der Waals surface area contributed by atoms with Crippen molar-refractivity contribution in [2.45, 2.75) is 30.3 Å². The van der Waals surface area contributed by atoms with E-state index in [0.717, 1.165) is 24.0 Å². The van der Waals surface area contributed by atoms with Gasteiger partial charge in [-0.15, -0.1) is 0 Å². The van der Waals surface area contributed by atoms with Gasteiger partial charge in [-0.2, -0.15) is 0 Å². The molecular weight excluding hydrogens is 334 g/mol. The van der Waals surface area contributed by atoms with Crippen molar-refractivity contribution in [3.63, 3.8) is 0 Å². The van der Waals surface area contributed by atoms with Crippen LogP contribution in [-0.4, -0.2) is 33.3 Å². The molecule has 3 rings (SSSR count). The maximum Gasteiger partial charge on any atom is 0.253 e. The average molecular weight is 357 g/mol. The predicted molar refractivity (Wildman–Crippen MR) is 99.2 cm³/mol. The molecule has 0 spiro atoms. The number of carbonyl (C=O) groups is 1. The molecule has 1 aliphatic carbocycles. The largest absolute Gasteiger partial charge is 0.345 e. The number of amides is 1. The van der Waals surface area contributed by atoms with E-state index >= 15 is 0 Å². The molecule has 0 N–H and O–H groups in total. The minimum absolute atomic E-state index is 0.0411. The molecule has 0 heterocycles. The van der Waals surface area contributed by atoms with E-state index in [4.69, 9.17) is 0 Å². The van der Waals surface area contributed by atoms with E-state index in [1.54, 1.807) is 38.4 Å². The normalized spacial score (nSPS) is 17.0. The molecule has 2 aromatic rings. The minimum Gasteiger partial charge on any atom is -0.345 e. The second kappa shape index (κ2) is 7.00. The molecule has 132 valence electrons. The summed E-state index contributed by atoms with van der Waals surface area (Å²) >= 11 is 0. The number of carbonyl (C=O) groups excluding carboxylic acids is 1. The number of benzene rings is 2. The Morgan fingerprint density at radius 1 is 1.12 bits per heavy atom. The molecule has 25 heavy (non-hydrogen) atoms. The molecule has 1 unspecified atom stereocenters. The maximum absolute atomic E-state index is 13.0. The molecule has 2 aromatic carbocycles. The Balaban J connectivity index is 1.88. The highest BCUT2D eigenvalue weighted by Gasteiger charge is 2.31. The van der Waals surface area contributed by atoms with Crippen LogP contribution >= 0.6 is 0 Å². The third-order valence-electron chi connectivity index (χ3n) is 4.70. The number of hydrogen-bond acceptors (Lipinski definition) is 3. The number of hydrogen-bond donors (Lipinski definition) is 0. The van der Waals surface area contributed by atoms with Gasteiger partial charge in [0.1, 0.15) is 0 Å². The fourth-order valence-corrected chi connectivity index (χ4v) is 5.46. The maximum atomic E-state index is 13.0. The third-order valence-corrected chi connectivity index (χ3v) is 6.79. The summed E-state index contributed by atoms with van der Waals surface area (Å²) in [5.41, 5.74) is 3.26. The summed E-state index contributed by atoms with van der Waals surface area (Å²) in [6.45, 7) is 0. The van der Waals surface area contributed by atoms with E-state index in [-0.39, 0.29) is 11.7 Å². The van der Waals surface area contributed by atoms with Crippen LogP contribution < -0.4 is 0 Å². The van der Waals surface area contributed by atoms with E-state index in [0.29, 0.717) is 17.5 Å². The monoisotopic (exact) mass is 357 g/mol. The predicted octanol–water partition coefficient (Wildman–Crippen LogP) is 3.38. The number of fused-ring (bicyclic) bond motifs is 1. The Kier molecular flexibility index (Phi) is 4.95. The van der Waals surface area contributed by atoms with Crippen LogP contribution in [0.1, 0.15) is 45.1 Å². The molecule has 1 atom stereocenters. The molecule has 4 nitrogen and oxygen atoms in total. The van der Waals surface area contributed by atoms with E-state index in [2.05, 4.69) is 0 Å². The molecule has 0 fully saturated rings. The van der Waals surface area contributed by atoms with Gasteiger partial charge in [0.25, 0.3) is 5.91 Å². The highest BCUT2D eigenvalue weighted by Crippen LogP contribution is 2.37. The van der Waals surface area contributed by atoms with Crippen LogP contribution in [0.15, 0.2) is 48.5 Å². The van der Waals surface area contributed by atoms with Gasteiger partial charge in [-0.3, -0.25) is 4.79 Å². The fourth-order valence-electron chi connectivity index (χ4n) is 3.47. The van der Waals surface area contributed by atoms with Gasteiger partial charge in [0.05, 0.1) is 11.0 Å². The van der Waals surface area contributed by atoms with Crippen molar-refractivity contribution in [2.24, 2.45) is 0 Å². The van der Waals surface area contributed by atoms with Crippen molar-refractivity contribution in [3.05, 3.63) is 70.8 Å². The van der Waals surface area contributed by atoms with Crippen LogP contribution in [0.3, 0.4) is 0 Å². The quantitative estimate of drug-likeness (QED) is 0.843. The van der Waals surface area contributed by atoms with Gasteiger partial charge in [0, 0.05) is 19.7 Å². The zero-order valence-corrected chi connectivity index (χ0v) is 15.4. The molecule has 0 aliphatic heterocycles. The van der Waals surface area contributed by atoms with Crippen LogP contribution in [0, 0.1) is 0 Å². The average Bonchev–Trinajstić information content (AvgIpc) is 2.60. The van der Waals surface area contributed by atoms with E-state index in [1.165, 1.54) is 4.90 Å². The summed E-state index contributed by atoms with van der Waals surface area (Å²) in [7, 11) is 0.0330. The van der Waals surface area contributed by atoms with Crippen molar-refractivity contribution in [1.29, 1.82) is 0 Å². The molecule has 0 bridgehead atoms. The van der Waals surface area contributed by atoms with Crippen molar-refractivity contribution >= 4 is 15.7 Å².